The average molecular weight is 328 g/mol. The fourth-order valence-corrected chi connectivity index (χ4v) is 2.95. The number of carbonyl (C=O) groups is 1. The van der Waals surface area contributed by atoms with Crippen LogP contribution in [0.4, 0.5) is 4.79 Å². The predicted molar refractivity (Wildman–Crippen MR) is 95.5 cm³/mol. The zero-order chi connectivity index (χ0) is 17.4. The van der Waals surface area contributed by atoms with E-state index in [-0.39, 0.29) is 6.03 Å². The number of likely N-dealkylation sites (tertiary alicyclic amines) is 1. The van der Waals surface area contributed by atoms with Crippen molar-refractivity contribution in [1.82, 2.24) is 15.1 Å². The fourth-order valence-electron chi connectivity index (χ4n) is 2.95. The van der Waals surface area contributed by atoms with E-state index in [1.807, 2.05) is 12.1 Å². The number of nitrogens with zero attached hydrogens (tertiary/aromatic N) is 3. The molecular formula is C19H28N4O. The molecule has 0 atom stereocenters. The molecule has 24 heavy (non-hydrogen) atoms. The Labute approximate surface area is 145 Å². The smallest absolute Gasteiger partial charge is 0.317 e. The molecule has 0 radical (unpaired) electrons. The van der Waals surface area contributed by atoms with E-state index >= 15 is 0 Å². The highest BCUT2D eigenvalue weighted by Gasteiger charge is 2.15. The molecule has 130 valence electrons. The van der Waals surface area contributed by atoms with Gasteiger partial charge in [-0.2, -0.15) is 5.26 Å². The van der Waals surface area contributed by atoms with Gasteiger partial charge in [0.15, 0.2) is 0 Å². The monoisotopic (exact) mass is 328 g/mol. The average Bonchev–Trinajstić information content (AvgIpc) is 2.60. The van der Waals surface area contributed by atoms with Crippen LogP contribution in [0.1, 0.15) is 37.3 Å². The van der Waals surface area contributed by atoms with Crippen LogP contribution in [0.3, 0.4) is 0 Å². The predicted octanol–water partition coefficient (Wildman–Crippen LogP) is 2.82. The summed E-state index contributed by atoms with van der Waals surface area (Å²) in [7, 11) is 1.79. The summed E-state index contributed by atoms with van der Waals surface area (Å²) in [6.45, 7) is 7.01. The third kappa shape index (κ3) is 5.86. The first-order valence-electron chi connectivity index (χ1n) is 8.79. The van der Waals surface area contributed by atoms with Crippen LogP contribution in [0, 0.1) is 17.2 Å². The standard InChI is InChI=1S/C19H28N4O/c1-16-8-12-23(13-9-16)11-3-10-21-19(24)22(2)15-18-6-4-17(14-20)5-7-18/h4-7,16H,3,8-13,15H2,1-2H3,(H,21,24). The highest BCUT2D eigenvalue weighted by molar-refractivity contribution is 5.73. The van der Waals surface area contributed by atoms with Crippen molar-refractivity contribution in [3.8, 4) is 6.07 Å². The number of hydrogen-bond donors (Lipinski definition) is 1. The van der Waals surface area contributed by atoms with Gasteiger partial charge in [-0.05, 0) is 62.5 Å². The minimum Gasteiger partial charge on any atom is -0.338 e. The lowest BCUT2D eigenvalue weighted by atomic mass is 9.99. The van der Waals surface area contributed by atoms with E-state index in [4.69, 9.17) is 5.26 Å². The Kier molecular flexibility index (Phi) is 7.07. The molecule has 0 spiro atoms. The maximum Gasteiger partial charge on any atom is 0.317 e. The summed E-state index contributed by atoms with van der Waals surface area (Å²) in [6.07, 6.45) is 3.57. The molecule has 1 aliphatic heterocycles. The summed E-state index contributed by atoms with van der Waals surface area (Å²) in [6, 6.07) is 9.38. The Morgan fingerprint density at radius 2 is 2.00 bits per heavy atom. The lowest BCUT2D eigenvalue weighted by Crippen LogP contribution is -2.39. The molecule has 2 amide bonds. The van der Waals surface area contributed by atoms with Crippen LogP contribution in [0.15, 0.2) is 24.3 Å². The van der Waals surface area contributed by atoms with Gasteiger partial charge in [-0.1, -0.05) is 19.1 Å². The van der Waals surface area contributed by atoms with E-state index in [2.05, 4.69) is 23.2 Å². The Morgan fingerprint density at radius 1 is 1.33 bits per heavy atom. The first-order chi connectivity index (χ1) is 11.6. The molecular weight excluding hydrogens is 300 g/mol. The van der Waals surface area contributed by atoms with Gasteiger partial charge in [-0.15, -0.1) is 0 Å². The van der Waals surface area contributed by atoms with Crippen molar-refractivity contribution in [2.75, 3.05) is 33.2 Å². The van der Waals surface area contributed by atoms with Crippen LogP contribution >= 0.6 is 0 Å². The molecule has 1 fully saturated rings. The molecule has 1 aromatic rings. The van der Waals surface area contributed by atoms with E-state index in [1.165, 1.54) is 25.9 Å². The number of piperidine rings is 1. The van der Waals surface area contributed by atoms with Crippen LogP contribution in [-0.2, 0) is 6.54 Å². The van der Waals surface area contributed by atoms with Crippen molar-refractivity contribution in [3.05, 3.63) is 35.4 Å². The van der Waals surface area contributed by atoms with Gasteiger partial charge in [0.05, 0.1) is 11.6 Å². The molecule has 1 aliphatic rings. The molecule has 1 saturated heterocycles. The molecule has 5 heteroatoms. The second-order valence-electron chi connectivity index (χ2n) is 6.77. The SMILES string of the molecule is CC1CCN(CCCNC(=O)N(C)Cc2ccc(C#N)cc2)CC1. The summed E-state index contributed by atoms with van der Waals surface area (Å²) in [5, 5.41) is 11.8. The van der Waals surface area contributed by atoms with E-state index in [1.54, 1.807) is 24.1 Å². The van der Waals surface area contributed by atoms with Gasteiger partial charge >= 0.3 is 6.03 Å². The zero-order valence-electron chi connectivity index (χ0n) is 14.8. The Morgan fingerprint density at radius 3 is 2.62 bits per heavy atom. The number of nitriles is 1. The van der Waals surface area contributed by atoms with Crippen molar-refractivity contribution >= 4 is 6.03 Å². The lowest BCUT2D eigenvalue weighted by molar-refractivity contribution is 0.187. The fraction of sp³-hybridized carbons (Fsp3) is 0.579. The summed E-state index contributed by atoms with van der Waals surface area (Å²) >= 11 is 0. The van der Waals surface area contributed by atoms with Crippen molar-refractivity contribution in [3.63, 3.8) is 0 Å². The van der Waals surface area contributed by atoms with E-state index in [0.717, 1.165) is 24.4 Å². The molecule has 2 rings (SSSR count). The second-order valence-corrected chi connectivity index (χ2v) is 6.77. The van der Waals surface area contributed by atoms with Gasteiger partial charge in [0.1, 0.15) is 0 Å². The molecule has 0 saturated carbocycles. The van der Waals surface area contributed by atoms with Crippen molar-refractivity contribution < 1.29 is 4.79 Å². The molecule has 1 aromatic carbocycles. The first-order valence-corrected chi connectivity index (χ1v) is 8.79. The van der Waals surface area contributed by atoms with Crippen LogP contribution in [0.5, 0.6) is 0 Å². The highest BCUT2D eigenvalue weighted by atomic mass is 16.2. The van der Waals surface area contributed by atoms with Crippen LogP contribution in [0.2, 0.25) is 0 Å². The van der Waals surface area contributed by atoms with Gasteiger partial charge in [0, 0.05) is 20.1 Å². The van der Waals surface area contributed by atoms with E-state index < -0.39 is 0 Å². The molecule has 0 unspecified atom stereocenters. The molecule has 1 N–H and O–H groups in total. The number of carbonyl (C=O) groups excluding carboxylic acids is 1. The topological polar surface area (TPSA) is 59.4 Å². The summed E-state index contributed by atoms with van der Waals surface area (Å²) in [5.41, 5.74) is 1.66. The Balaban J connectivity index is 1.63. The molecule has 5 nitrogen and oxygen atoms in total. The van der Waals surface area contributed by atoms with Gasteiger partial charge in [0.2, 0.25) is 0 Å². The van der Waals surface area contributed by atoms with E-state index in [9.17, 15) is 4.79 Å². The summed E-state index contributed by atoms with van der Waals surface area (Å²) in [4.78, 5) is 16.3. The number of urea groups is 1. The van der Waals surface area contributed by atoms with Gasteiger partial charge in [-0.3, -0.25) is 0 Å². The molecule has 1 heterocycles. The number of hydrogen-bond acceptors (Lipinski definition) is 3. The highest BCUT2D eigenvalue weighted by Crippen LogP contribution is 2.15. The number of amides is 2. The molecule has 0 aliphatic carbocycles. The summed E-state index contributed by atoms with van der Waals surface area (Å²) in [5.74, 6) is 0.858. The maximum atomic E-state index is 12.1. The quantitative estimate of drug-likeness (QED) is 0.817. The molecule has 0 aromatic heterocycles. The van der Waals surface area contributed by atoms with E-state index in [0.29, 0.717) is 18.7 Å². The lowest BCUT2D eigenvalue weighted by Gasteiger charge is -2.30. The van der Waals surface area contributed by atoms with Crippen molar-refractivity contribution in [2.45, 2.75) is 32.7 Å². The molecule has 0 bridgehead atoms. The number of benzene rings is 1. The van der Waals surface area contributed by atoms with Crippen LogP contribution in [0.25, 0.3) is 0 Å². The van der Waals surface area contributed by atoms with Gasteiger partial charge < -0.3 is 15.1 Å². The first kappa shape index (κ1) is 18.3. The van der Waals surface area contributed by atoms with Crippen LogP contribution in [-0.4, -0.2) is 49.1 Å². The number of nitrogens with one attached hydrogen (secondary N) is 1. The van der Waals surface area contributed by atoms with Crippen molar-refractivity contribution in [2.24, 2.45) is 5.92 Å². The maximum absolute atomic E-state index is 12.1. The zero-order valence-corrected chi connectivity index (χ0v) is 14.8. The normalized spacial score (nSPS) is 15.7. The van der Waals surface area contributed by atoms with Crippen molar-refractivity contribution in [1.29, 1.82) is 5.26 Å². The third-order valence-corrected chi connectivity index (χ3v) is 4.65. The van der Waals surface area contributed by atoms with Gasteiger partial charge in [-0.25, -0.2) is 4.79 Å². The second kappa shape index (κ2) is 9.29. The summed E-state index contributed by atoms with van der Waals surface area (Å²) < 4.78 is 0. The largest absolute Gasteiger partial charge is 0.338 e. The van der Waals surface area contributed by atoms with Crippen LogP contribution < -0.4 is 5.32 Å². The minimum absolute atomic E-state index is 0.0494. The number of rotatable bonds is 6. The minimum atomic E-state index is -0.0494. The Bertz CT molecular complexity index is 556. The van der Waals surface area contributed by atoms with Gasteiger partial charge in [0.25, 0.3) is 0 Å². The third-order valence-electron chi connectivity index (χ3n) is 4.65. The Hall–Kier alpha value is -2.06.